The van der Waals surface area contributed by atoms with Gasteiger partial charge in [0.1, 0.15) is 0 Å². The Balaban J connectivity index is 2.23. The summed E-state index contributed by atoms with van der Waals surface area (Å²) in [6, 6.07) is 5.73. The van der Waals surface area contributed by atoms with E-state index >= 15 is 0 Å². The van der Waals surface area contributed by atoms with Gasteiger partial charge in [-0.3, -0.25) is 9.78 Å². The molecule has 1 aromatic heterocycles. The van der Waals surface area contributed by atoms with Gasteiger partial charge in [0.2, 0.25) is 5.91 Å². The summed E-state index contributed by atoms with van der Waals surface area (Å²) in [5.74, 6) is 0.209. The molecular weight excluding hydrogens is 226 g/mol. The molecule has 0 bridgehead atoms. The van der Waals surface area contributed by atoms with Crippen LogP contribution in [0.1, 0.15) is 44.3 Å². The molecule has 0 aliphatic carbocycles. The lowest BCUT2D eigenvalue weighted by Crippen LogP contribution is -2.49. The molecule has 98 valence electrons. The third-order valence-electron chi connectivity index (χ3n) is 3.50. The number of aromatic nitrogens is 1. The first-order chi connectivity index (χ1) is 8.74. The van der Waals surface area contributed by atoms with Crippen molar-refractivity contribution in [2.24, 2.45) is 5.73 Å². The first-order valence-electron chi connectivity index (χ1n) is 6.70. The molecule has 1 saturated heterocycles. The van der Waals surface area contributed by atoms with E-state index in [2.05, 4.69) is 11.9 Å². The van der Waals surface area contributed by atoms with Gasteiger partial charge in [0.05, 0.1) is 11.7 Å². The number of carbonyl (C=O) groups excluding carboxylic acids is 1. The number of hydrogen-bond acceptors (Lipinski definition) is 3. The highest BCUT2D eigenvalue weighted by molar-refractivity contribution is 5.77. The highest BCUT2D eigenvalue weighted by Crippen LogP contribution is 2.29. The summed E-state index contributed by atoms with van der Waals surface area (Å²) in [4.78, 5) is 18.4. The molecule has 0 radical (unpaired) electrons. The average molecular weight is 247 g/mol. The SMILES string of the molecule is CCCCN1C(=O)CCC(N)C1c1ccccn1. The minimum absolute atomic E-state index is 0.00513. The molecule has 4 heteroatoms. The molecule has 0 saturated carbocycles. The molecule has 1 aliphatic heterocycles. The third kappa shape index (κ3) is 2.70. The van der Waals surface area contributed by atoms with Gasteiger partial charge < -0.3 is 10.6 Å². The van der Waals surface area contributed by atoms with Crippen LogP contribution in [0.5, 0.6) is 0 Å². The molecule has 2 heterocycles. The highest BCUT2D eigenvalue weighted by Gasteiger charge is 2.35. The molecule has 2 unspecified atom stereocenters. The Morgan fingerprint density at radius 2 is 2.33 bits per heavy atom. The van der Waals surface area contributed by atoms with Crippen molar-refractivity contribution in [3.8, 4) is 0 Å². The Morgan fingerprint density at radius 1 is 1.50 bits per heavy atom. The highest BCUT2D eigenvalue weighted by atomic mass is 16.2. The van der Waals surface area contributed by atoms with Gasteiger partial charge in [-0.15, -0.1) is 0 Å². The molecule has 1 amide bonds. The van der Waals surface area contributed by atoms with Crippen LogP contribution in [0.2, 0.25) is 0 Å². The number of piperidine rings is 1. The Morgan fingerprint density at radius 3 is 3.00 bits per heavy atom. The Bertz CT molecular complexity index is 393. The van der Waals surface area contributed by atoms with Crippen molar-refractivity contribution >= 4 is 5.91 Å². The van der Waals surface area contributed by atoms with Gasteiger partial charge in [-0.2, -0.15) is 0 Å². The number of pyridine rings is 1. The Hall–Kier alpha value is -1.42. The van der Waals surface area contributed by atoms with Crippen LogP contribution in [0.25, 0.3) is 0 Å². The van der Waals surface area contributed by atoms with Crippen molar-refractivity contribution in [2.45, 2.75) is 44.7 Å². The Kier molecular flexibility index (Phi) is 4.31. The number of rotatable bonds is 4. The van der Waals surface area contributed by atoms with Crippen LogP contribution in [0.15, 0.2) is 24.4 Å². The van der Waals surface area contributed by atoms with Crippen molar-refractivity contribution in [1.82, 2.24) is 9.88 Å². The number of nitrogens with two attached hydrogens (primary N) is 1. The molecular formula is C14H21N3O. The van der Waals surface area contributed by atoms with E-state index < -0.39 is 0 Å². The number of carbonyl (C=O) groups is 1. The lowest BCUT2D eigenvalue weighted by molar-refractivity contribution is -0.137. The number of nitrogens with zero attached hydrogens (tertiary/aromatic N) is 2. The van der Waals surface area contributed by atoms with E-state index in [0.29, 0.717) is 6.42 Å². The van der Waals surface area contributed by atoms with Crippen molar-refractivity contribution < 1.29 is 4.79 Å². The smallest absolute Gasteiger partial charge is 0.223 e. The van der Waals surface area contributed by atoms with E-state index in [1.807, 2.05) is 23.1 Å². The van der Waals surface area contributed by atoms with E-state index in [-0.39, 0.29) is 18.0 Å². The van der Waals surface area contributed by atoms with E-state index in [0.717, 1.165) is 31.5 Å². The lowest BCUT2D eigenvalue weighted by atomic mass is 9.93. The second-order valence-corrected chi connectivity index (χ2v) is 4.84. The molecule has 1 aliphatic rings. The monoisotopic (exact) mass is 247 g/mol. The van der Waals surface area contributed by atoms with E-state index in [9.17, 15) is 4.79 Å². The third-order valence-corrected chi connectivity index (χ3v) is 3.50. The second kappa shape index (κ2) is 5.96. The first-order valence-corrected chi connectivity index (χ1v) is 6.70. The summed E-state index contributed by atoms with van der Waals surface area (Å²) in [5, 5.41) is 0. The molecule has 0 aromatic carbocycles. The summed E-state index contributed by atoms with van der Waals surface area (Å²) in [5.41, 5.74) is 7.11. The molecule has 0 spiro atoms. The molecule has 1 aromatic rings. The Labute approximate surface area is 108 Å². The van der Waals surface area contributed by atoms with Crippen molar-refractivity contribution in [3.05, 3.63) is 30.1 Å². The fraction of sp³-hybridized carbons (Fsp3) is 0.571. The zero-order chi connectivity index (χ0) is 13.0. The van der Waals surface area contributed by atoms with Crippen LogP contribution in [-0.4, -0.2) is 28.4 Å². The minimum atomic E-state index is -0.0565. The van der Waals surface area contributed by atoms with E-state index in [4.69, 9.17) is 5.73 Å². The zero-order valence-electron chi connectivity index (χ0n) is 10.9. The van der Waals surface area contributed by atoms with Crippen LogP contribution in [0.4, 0.5) is 0 Å². The van der Waals surface area contributed by atoms with Gasteiger partial charge in [0.25, 0.3) is 0 Å². The summed E-state index contributed by atoms with van der Waals surface area (Å²) in [6.07, 6.45) is 5.17. The maximum atomic E-state index is 12.1. The molecule has 2 N–H and O–H groups in total. The average Bonchev–Trinajstić information content (AvgIpc) is 2.40. The maximum Gasteiger partial charge on any atom is 0.223 e. The molecule has 18 heavy (non-hydrogen) atoms. The molecule has 1 fully saturated rings. The largest absolute Gasteiger partial charge is 0.333 e. The van der Waals surface area contributed by atoms with Crippen molar-refractivity contribution in [3.63, 3.8) is 0 Å². The van der Waals surface area contributed by atoms with Gasteiger partial charge in [-0.25, -0.2) is 0 Å². The van der Waals surface area contributed by atoms with Crippen LogP contribution in [0, 0.1) is 0 Å². The van der Waals surface area contributed by atoms with Crippen LogP contribution < -0.4 is 5.73 Å². The molecule has 2 rings (SSSR count). The first kappa shape index (κ1) is 13.0. The topological polar surface area (TPSA) is 59.2 Å². The number of amides is 1. The summed E-state index contributed by atoms with van der Waals surface area (Å²) >= 11 is 0. The van der Waals surface area contributed by atoms with Crippen LogP contribution in [0.3, 0.4) is 0 Å². The lowest BCUT2D eigenvalue weighted by Gasteiger charge is -2.39. The standard InChI is InChI=1S/C14H21N3O/c1-2-3-10-17-13(18)8-7-11(15)14(17)12-6-4-5-9-16-12/h4-6,9,11,14H,2-3,7-8,10,15H2,1H3. The summed E-state index contributed by atoms with van der Waals surface area (Å²) in [7, 11) is 0. The summed E-state index contributed by atoms with van der Waals surface area (Å²) in [6.45, 7) is 2.91. The minimum Gasteiger partial charge on any atom is -0.333 e. The predicted octanol–water partition coefficient (Wildman–Crippen LogP) is 1.87. The van der Waals surface area contributed by atoms with Crippen molar-refractivity contribution in [2.75, 3.05) is 6.54 Å². The fourth-order valence-electron chi connectivity index (χ4n) is 2.50. The van der Waals surface area contributed by atoms with Gasteiger partial charge in [0, 0.05) is 25.2 Å². The second-order valence-electron chi connectivity index (χ2n) is 4.84. The summed E-state index contributed by atoms with van der Waals surface area (Å²) < 4.78 is 0. The number of unbranched alkanes of at least 4 members (excludes halogenated alkanes) is 1. The van der Waals surface area contributed by atoms with Gasteiger partial charge >= 0.3 is 0 Å². The van der Waals surface area contributed by atoms with Crippen molar-refractivity contribution in [1.29, 1.82) is 0 Å². The number of likely N-dealkylation sites (tertiary alicyclic amines) is 1. The maximum absolute atomic E-state index is 12.1. The normalized spacial score (nSPS) is 24.3. The van der Waals surface area contributed by atoms with Crippen LogP contribution in [-0.2, 0) is 4.79 Å². The van der Waals surface area contributed by atoms with E-state index in [1.165, 1.54) is 0 Å². The quantitative estimate of drug-likeness (QED) is 0.883. The van der Waals surface area contributed by atoms with Gasteiger partial charge in [-0.1, -0.05) is 19.4 Å². The zero-order valence-corrected chi connectivity index (χ0v) is 10.9. The fourth-order valence-corrected chi connectivity index (χ4v) is 2.50. The molecule has 4 nitrogen and oxygen atoms in total. The van der Waals surface area contributed by atoms with E-state index in [1.54, 1.807) is 6.20 Å². The predicted molar refractivity (Wildman–Crippen MR) is 70.8 cm³/mol. The molecule has 2 atom stereocenters. The van der Waals surface area contributed by atoms with Crippen LogP contribution >= 0.6 is 0 Å². The van der Waals surface area contributed by atoms with Gasteiger partial charge in [-0.05, 0) is 25.0 Å². The van der Waals surface area contributed by atoms with Gasteiger partial charge in [0.15, 0.2) is 0 Å². The number of hydrogen-bond donors (Lipinski definition) is 1.